The minimum atomic E-state index is 0.711. The van der Waals surface area contributed by atoms with Crippen LogP contribution in [0.3, 0.4) is 0 Å². The van der Waals surface area contributed by atoms with Crippen molar-refractivity contribution in [1.82, 2.24) is 30.8 Å². The Morgan fingerprint density at radius 3 is 1.36 bits per heavy atom. The topological polar surface area (TPSA) is 77.3 Å². The van der Waals surface area contributed by atoms with Gasteiger partial charge in [0.05, 0.1) is 12.4 Å². The smallest absolute Gasteiger partial charge is 0.132 e. The van der Waals surface area contributed by atoms with E-state index in [1.54, 1.807) is 24.5 Å². The van der Waals surface area contributed by atoms with E-state index in [4.69, 9.17) is 0 Å². The van der Waals surface area contributed by atoms with Crippen molar-refractivity contribution >= 4 is 31.9 Å². The lowest BCUT2D eigenvalue weighted by atomic mass is 10.7. The molecule has 2 aromatic rings. The number of halogens is 2. The van der Waals surface area contributed by atoms with Crippen LogP contribution in [0.15, 0.2) is 33.7 Å². The van der Waals surface area contributed by atoms with Gasteiger partial charge in [0.1, 0.15) is 9.21 Å². The molecule has 0 spiro atoms. The molecule has 0 saturated heterocycles. The zero-order chi connectivity index (χ0) is 10.2. The third-order valence-corrected chi connectivity index (χ3v) is 1.79. The Morgan fingerprint density at radius 2 is 1.21 bits per heavy atom. The minimum Gasteiger partial charge on any atom is -0.139 e. The van der Waals surface area contributed by atoms with Crippen LogP contribution in [0.4, 0.5) is 0 Å². The summed E-state index contributed by atoms with van der Waals surface area (Å²) in [4.78, 5) is 0. The molecule has 0 radical (unpaired) electrons. The Balaban J connectivity index is 0.000000140. The van der Waals surface area contributed by atoms with Crippen LogP contribution in [0, 0.1) is 0 Å². The molecule has 2 heterocycles. The van der Waals surface area contributed by atoms with Crippen molar-refractivity contribution in [2.45, 2.75) is 0 Å². The Labute approximate surface area is 96.4 Å². The molecule has 0 N–H and O–H groups in total. The van der Waals surface area contributed by atoms with Gasteiger partial charge in [0.2, 0.25) is 0 Å². The minimum absolute atomic E-state index is 0.711. The predicted molar refractivity (Wildman–Crippen MR) is 55.1 cm³/mol. The normalized spacial score (nSPS) is 8.71. The molecular weight excluding hydrogens is 316 g/mol. The van der Waals surface area contributed by atoms with Gasteiger partial charge in [-0.2, -0.15) is 0 Å². The molecule has 0 saturated carbocycles. The maximum Gasteiger partial charge on any atom is 0.132 e. The standard InChI is InChI=1S/2C3H2BrN3/c2*4-3-1-2-5-7-6-3/h2*1-2H. The summed E-state index contributed by atoms with van der Waals surface area (Å²) in [5.41, 5.74) is 0. The quantitative estimate of drug-likeness (QED) is 0.727. The predicted octanol–water partition coefficient (Wildman–Crippen LogP) is 1.27. The maximum absolute atomic E-state index is 3.53. The number of nitrogens with zero attached hydrogens (tertiary/aromatic N) is 6. The van der Waals surface area contributed by atoms with E-state index < -0.39 is 0 Å². The number of rotatable bonds is 0. The molecule has 0 aliphatic rings. The van der Waals surface area contributed by atoms with E-state index in [2.05, 4.69) is 62.7 Å². The van der Waals surface area contributed by atoms with Crippen molar-refractivity contribution < 1.29 is 0 Å². The molecule has 2 aromatic heterocycles. The molecule has 14 heavy (non-hydrogen) atoms. The molecular formula is C6H4Br2N6. The maximum atomic E-state index is 3.53. The fourth-order valence-electron chi connectivity index (χ4n) is 0.453. The average molecular weight is 320 g/mol. The van der Waals surface area contributed by atoms with Gasteiger partial charge in [0.25, 0.3) is 0 Å². The van der Waals surface area contributed by atoms with Crippen molar-refractivity contribution in [3.8, 4) is 0 Å². The van der Waals surface area contributed by atoms with E-state index in [1.807, 2.05) is 0 Å². The van der Waals surface area contributed by atoms with Gasteiger partial charge in [-0.25, -0.2) is 0 Å². The first-order valence-corrected chi connectivity index (χ1v) is 4.97. The summed E-state index contributed by atoms with van der Waals surface area (Å²) < 4.78 is 1.42. The van der Waals surface area contributed by atoms with Gasteiger partial charge in [0.15, 0.2) is 0 Å². The molecule has 6 nitrogen and oxygen atoms in total. The first kappa shape index (κ1) is 11.1. The lowest BCUT2D eigenvalue weighted by molar-refractivity contribution is 0.849. The molecule has 2 rings (SSSR count). The van der Waals surface area contributed by atoms with Gasteiger partial charge in [-0.05, 0) is 54.4 Å². The highest BCUT2D eigenvalue weighted by molar-refractivity contribution is 9.10. The zero-order valence-electron chi connectivity index (χ0n) is 6.75. The molecule has 0 fully saturated rings. The van der Waals surface area contributed by atoms with Crippen LogP contribution in [-0.4, -0.2) is 30.8 Å². The zero-order valence-corrected chi connectivity index (χ0v) is 9.92. The molecule has 72 valence electrons. The van der Waals surface area contributed by atoms with Gasteiger partial charge in [-0.1, -0.05) is 0 Å². The van der Waals surface area contributed by atoms with Gasteiger partial charge >= 0.3 is 0 Å². The van der Waals surface area contributed by atoms with Crippen molar-refractivity contribution in [2.75, 3.05) is 0 Å². The third-order valence-electron chi connectivity index (χ3n) is 0.941. The highest BCUT2D eigenvalue weighted by Crippen LogP contribution is 1.97. The van der Waals surface area contributed by atoms with Crippen molar-refractivity contribution in [2.24, 2.45) is 0 Å². The summed E-state index contributed by atoms with van der Waals surface area (Å²) in [5.74, 6) is 0. The first-order chi connectivity index (χ1) is 6.79. The second kappa shape index (κ2) is 6.44. The van der Waals surface area contributed by atoms with Crippen molar-refractivity contribution in [1.29, 1.82) is 0 Å². The van der Waals surface area contributed by atoms with Crippen LogP contribution in [0.25, 0.3) is 0 Å². The molecule has 0 amide bonds. The summed E-state index contributed by atoms with van der Waals surface area (Å²) in [7, 11) is 0. The van der Waals surface area contributed by atoms with Crippen LogP contribution in [0.5, 0.6) is 0 Å². The van der Waals surface area contributed by atoms with E-state index in [9.17, 15) is 0 Å². The summed E-state index contributed by atoms with van der Waals surface area (Å²) in [6.45, 7) is 0. The third kappa shape index (κ3) is 4.87. The van der Waals surface area contributed by atoms with E-state index in [-0.39, 0.29) is 0 Å². The van der Waals surface area contributed by atoms with Crippen LogP contribution >= 0.6 is 31.9 Å². The van der Waals surface area contributed by atoms with Crippen molar-refractivity contribution in [3.63, 3.8) is 0 Å². The van der Waals surface area contributed by atoms with Gasteiger partial charge in [0, 0.05) is 0 Å². The Hall–Kier alpha value is -1.02. The summed E-state index contributed by atoms with van der Waals surface area (Å²) in [6.07, 6.45) is 3.13. The molecule has 0 aliphatic carbocycles. The molecule has 0 atom stereocenters. The second-order valence-electron chi connectivity index (χ2n) is 1.89. The number of aromatic nitrogens is 6. The van der Waals surface area contributed by atoms with Crippen LogP contribution in [0.2, 0.25) is 0 Å². The monoisotopic (exact) mass is 318 g/mol. The number of hydrogen-bond acceptors (Lipinski definition) is 6. The van der Waals surface area contributed by atoms with E-state index in [0.29, 0.717) is 9.21 Å². The Bertz CT molecular complexity index is 318. The van der Waals surface area contributed by atoms with E-state index in [1.165, 1.54) is 0 Å². The lowest BCUT2D eigenvalue weighted by Gasteiger charge is -1.77. The average Bonchev–Trinajstić information content (AvgIpc) is 2.21. The molecule has 8 heteroatoms. The lowest BCUT2D eigenvalue weighted by Crippen LogP contribution is -1.82. The fourth-order valence-corrected chi connectivity index (χ4v) is 0.831. The van der Waals surface area contributed by atoms with Crippen LogP contribution in [0.1, 0.15) is 0 Å². The summed E-state index contributed by atoms with van der Waals surface area (Å²) in [5, 5.41) is 20.7. The van der Waals surface area contributed by atoms with E-state index in [0.717, 1.165) is 0 Å². The molecule has 0 aromatic carbocycles. The van der Waals surface area contributed by atoms with Gasteiger partial charge in [-0.3, -0.25) is 0 Å². The highest BCUT2D eigenvalue weighted by Gasteiger charge is 1.79. The SMILES string of the molecule is Brc1ccnnn1.Brc1ccnnn1. The summed E-state index contributed by atoms with van der Waals surface area (Å²) >= 11 is 6.20. The highest BCUT2D eigenvalue weighted by atomic mass is 79.9. The first-order valence-electron chi connectivity index (χ1n) is 3.39. The van der Waals surface area contributed by atoms with Gasteiger partial charge in [-0.15, -0.1) is 20.4 Å². The van der Waals surface area contributed by atoms with Crippen molar-refractivity contribution in [3.05, 3.63) is 33.7 Å². The van der Waals surface area contributed by atoms with E-state index >= 15 is 0 Å². The summed E-state index contributed by atoms with van der Waals surface area (Å²) in [6, 6.07) is 3.43. The Morgan fingerprint density at radius 1 is 0.786 bits per heavy atom. The van der Waals surface area contributed by atoms with Crippen LogP contribution < -0.4 is 0 Å². The second-order valence-corrected chi connectivity index (χ2v) is 3.51. The number of hydrogen-bond donors (Lipinski definition) is 0. The Kier molecular flexibility index (Phi) is 5.08. The van der Waals surface area contributed by atoms with Crippen LogP contribution in [-0.2, 0) is 0 Å². The largest absolute Gasteiger partial charge is 0.139 e. The van der Waals surface area contributed by atoms with Gasteiger partial charge < -0.3 is 0 Å². The fraction of sp³-hybridized carbons (Fsp3) is 0. The molecule has 0 bridgehead atoms. The molecule has 0 aliphatic heterocycles. The molecule has 0 unspecified atom stereocenters.